The number of nitrogens with zero attached hydrogens (tertiary/aromatic N) is 1. The lowest BCUT2D eigenvalue weighted by atomic mass is 10.1. The molecule has 2 N–H and O–H groups in total. The van der Waals surface area contributed by atoms with Crippen LogP contribution < -0.4 is 10.6 Å². The number of nitrogens with one attached hydrogen (secondary N) is 2. The normalized spacial score (nSPS) is 17.7. The van der Waals surface area contributed by atoms with Crippen molar-refractivity contribution < 1.29 is 9.59 Å². The third kappa shape index (κ3) is 2.38. The predicted molar refractivity (Wildman–Crippen MR) is 74.3 cm³/mol. The van der Waals surface area contributed by atoms with Gasteiger partial charge < -0.3 is 10.6 Å². The van der Waals surface area contributed by atoms with Crippen molar-refractivity contribution in [1.82, 2.24) is 10.3 Å². The van der Waals surface area contributed by atoms with Gasteiger partial charge in [-0.3, -0.25) is 9.59 Å². The van der Waals surface area contributed by atoms with E-state index in [2.05, 4.69) is 15.6 Å². The number of fused-ring (bicyclic) bond motifs is 1. The smallest absolute Gasteiger partial charge is 0.255 e. The van der Waals surface area contributed by atoms with Crippen molar-refractivity contribution in [2.45, 2.75) is 12.5 Å². The molecule has 1 atom stereocenters. The quantitative estimate of drug-likeness (QED) is 0.863. The first-order valence-corrected chi connectivity index (χ1v) is 6.35. The molecule has 0 unspecified atom stereocenters. The number of hydrogen-bond donors (Lipinski definition) is 2. The summed E-state index contributed by atoms with van der Waals surface area (Å²) in [6, 6.07) is 12.3. The second kappa shape index (κ2) is 5.13. The van der Waals surface area contributed by atoms with Crippen molar-refractivity contribution >= 4 is 17.6 Å². The highest BCUT2D eigenvalue weighted by atomic mass is 16.2. The zero-order valence-electron chi connectivity index (χ0n) is 10.7. The number of rotatable bonds is 2. The molecular formula is C15H13N3O2. The first-order chi connectivity index (χ1) is 9.74. The second-order valence-corrected chi connectivity index (χ2v) is 4.60. The maximum atomic E-state index is 12.2. The third-order valence-electron chi connectivity index (χ3n) is 3.20. The monoisotopic (exact) mass is 267 g/mol. The Morgan fingerprint density at radius 1 is 1.05 bits per heavy atom. The van der Waals surface area contributed by atoms with Crippen molar-refractivity contribution in [2.24, 2.45) is 0 Å². The average Bonchev–Trinajstić information content (AvgIpc) is 2.58. The molecule has 0 radical (unpaired) electrons. The van der Waals surface area contributed by atoms with E-state index in [0.717, 1.165) is 5.56 Å². The van der Waals surface area contributed by atoms with Gasteiger partial charge in [-0.15, -0.1) is 0 Å². The standard InChI is InChI=1S/C15H13N3O2/c19-14-11-7-4-8-16-13(11)18-15(20)12(17-14)9-10-5-2-1-3-6-10/h1-8,12H,9H2,(H,17,19)(H,16,18,20)/t12-/m0/s1. The van der Waals surface area contributed by atoms with Crippen molar-refractivity contribution in [2.75, 3.05) is 5.32 Å². The lowest BCUT2D eigenvalue weighted by molar-refractivity contribution is -0.117. The number of hydrogen-bond acceptors (Lipinski definition) is 3. The Morgan fingerprint density at radius 2 is 1.85 bits per heavy atom. The average molecular weight is 267 g/mol. The molecule has 1 aromatic carbocycles. The zero-order chi connectivity index (χ0) is 13.9. The molecule has 0 aliphatic carbocycles. The fourth-order valence-corrected chi connectivity index (χ4v) is 2.19. The molecule has 1 aromatic heterocycles. The van der Waals surface area contributed by atoms with Gasteiger partial charge in [0, 0.05) is 12.6 Å². The molecular weight excluding hydrogens is 254 g/mol. The Morgan fingerprint density at radius 3 is 2.65 bits per heavy atom. The maximum Gasteiger partial charge on any atom is 0.255 e. The minimum atomic E-state index is -0.598. The Labute approximate surface area is 116 Å². The molecule has 1 aliphatic rings. The SMILES string of the molecule is O=C1N[C@@H](Cc2ccccc2)C(=O)Nc2ncccc21. The van der Waals surface area contributed by atoms with E-state index in [1.807, 2.05) is 30.3 Å². The number of benzene rings is 1. The molecule has 2 aromatic rings. The largest absolute Gasteiger partial charge is 0.340 e. The molecule has 100 valence electrons. The first kappa shape index (κ1) is 12.3. The number of pyridine rings is 1. The van der Waals surface area contributed by atoms with Gasteiger partial charge in [0.05, 0.1) is 5.56 Å². The molecule has 0 saturated heterocycles. The summed E-state index contributed by atoms with van der Waals surface area (Å²) in [6.45, 7) is 0. The van der Waals surface area contributed by atoms with Crippen LogP contribution in [0.2, 0.25) is 0 Å². The van der Waals surface area contributed by atoms with Gasteiger partial charge in [0.1, 0.15) is 11.9 Å². The van der Waals surface area contributed by atoms with Crippen LogP contribution in [0.4, 0.5) is 5.82 Å². The van der Waals surface area contributed by atoms with Crippen LogP contribution >= 0.6 is 0 Å². The lowest BCUT2D eigenvalue weighted by Crippen LogP contribution is -2.42. The summed E-state index contributed by atoms with van der Waals surface area (Å²) in [5.41, 5.74) is 1.38. The van der Waals surface area contributed by atoms with E-state index in [0.29, 0.717) is 17.8 Å². The van der Waals surface area contributed by atoms with Crippen LogP contribution in [0.1, 0.15) is 15.9 Å². The van der Waals surface area contributed by atoms with Gasteiger partial charge >= 0.3 is 0 Å². The molecule has 0 fully saturated rings. The Hall–Kier alpha value is -2.69. The summed E-state index contributed by atoms with van der Waals surface area (Å²) in [6.07, 6.45) is 2.00. The molecule has 0 saturated carbocycles. The van der Waals surface area contributed by atoms with E-state index in [1.165, 1.54) is 0 Å². The maximum absolute atomic E-state index is 12.2. The van der Waals surface area contributed by atoms with Crippen LogP contribution in [-0.4, -0.2) is 22.8 Å². The molecule has 20 heavy (non-hydrogen) atoms. The molecule has 0 bridgehead atoms. The Kier molecular flexibility index (Phi) is 3.16. The number of carbonyl (C=O) groups is 2. The van der Waals surface area contributed by atoms with E-state index in [-0.39, 0.29) is 11.8 Å². The minimum absolute atomic E-state index is 0.250. The second-order valence-electron chi connectivity index (χ2n) is 4.60. The fraction of sp³-hybridized carbons (Fsp3) is 0.133. The van der Waals surface area contributed by atoms with Crippen molar-refractivity contribution in [3.63, 3.8) is 0 Å². The minimum Gasteiger partial charge on any atom is -0.340 e. The van der Waals surface area contributed by atoms with Crippen LogP contribution in [0.25, 0.3) is 0 Å². The van der Waals surface area contributed by atoms with Gasteiger partial charge in [0.2, 0.25) is 5.91 Å². The van der Waals surface area contributed by atoms with Crippen molar-refractivity contribution in [3.8, 4) is 0 Å². The van der Waals surface area contributed by atoms with Gasteiger partial charge in [-0.2, -0.15) is 0 Å². The fourth-order valence-electron chi connectivity index (χ4n) is 2.19. The molecule has 2 heterocycles. The van der Waals surface area contributed by atoms with E-state index in [1.54, 1.807) is 18.3 Å². The lowest BCUT2D eigenvalue weighted by Gasteiger charge is -2.14. The number of carbonyl (C=O) groups excluding carboxylic acids is 2. The highest BCUT2D eigenvalue weighted by molar-refractivity contribution is 6.08. The molecule has 1 aliphatic heterocycles. The highest BCUT2D eigenvalue weighted by Crippen LogP contribution is 2.16. The van der Waals surface area contributed by atoms with E-state index >= 15 is 0 Å². The zero-order valence-corrected chi connectivity index (χ0v) is 10.7. The molecule has 2 amide bonds. The summed E-state index contributed by atoms with van der Waals surface area (Å²) in [7, 11) is 0. The van der Waals surface area contributed by atoms with Crippen LogP contribution in [-0.2, 0) is 11.2 Å². The van der Waals surface area contributed by atoms with E-state index in [4.69, 9.17) is 0 Å². The van der Waals surface area contributed by atoms with Gasteiger partial charge in [-0.25, -0.2) is 4.98 Å². The molecule has 5 heteroatoms. The summed E-state index contributed by atoms with van der Waals surface area (Å²) in [5, 5.41) is 5.43. The number of anilines is 1. The van der Waals surface area contributed by atoms with Crippen molar-refractivity contribution in [1.29, 1.82) is 0 Å². The van der Waals surface area contributed by atoms with E-state index in [9.17, 15) is 9.59 Å². The summed E-state index contributed by atoms with van der Waals surface area (Å²) in [5.74, 6) is -0.224. The van der Waals surface area contributed by atoms with Crippen LogP contribution in [0.5, 0.6) is 0 Å². The molecule has 3 rings (SSSR count). The summed E-state index contributed by atoms with van der Waals surface area (Å²) in [4.78, 5) is 28.3. The molecule has 0 spiro atoms. The van der Waals surface area contributed by atoms with Gasteiger partial charge in [0.15, 0.2) is 0 Å². The van der Waals surface area contributed by atoms with E-state index < -0.39 is 6.04 Å². The predicted octanol–water partition coefficient (Wildman–Crippen LogP) is 1.37. The summed E-state index contributed by atoms with van der Waals surface area (Å²) < 4.78 is 0. The van der Waals surface area contributed by atoms with Gasteiger partial charge in [-0.1, -0.05) is 30.3 Å². The highest BCUT2D eigenvalue weighted by Gasteiger charge is 2.28. The van der Waals surface area contributed by atoms with Crippen molar-refractivity contribution in [3.05, 3.63) is 59.8 Å². The number of aromatic nitrogens is 1. The topological polar surface area (TPSA) is 71.1 Å². The third-order valence-corrected chi connectivity index (χ3v) is 3.20. The first-order valence-electron chi connectivity index (χ1n) is 6.35. The summed E-state index contributed by atoms with van der Waals surface area (Å²) >= 11 is 0. The Bertz CT molecular complexity index is 655. The van der Waals surface area contributed by atoms with Crippen LogP contribution in [0, 0.1) is 0 Å². The number of amides is 2. The van der Waals surface area contributed by atoms with Gasteiger partial charge in [0.25, 0.3) is 5.91 Å². The van der Waals surface area contributed by atoms with Crippen LogP contribution in [0.3, 0.4) is 0 Å². The van der Waals surface area contributed by atoms with Crippen LogP contribution in [0.15, 0.2) is 48.7 Å². The molecule has 5 nitrogen and oxygen atoms in total. The Balaban J connectivity index is 1.86. The van der Waals surface area contributed by atoms with Gasteiger partial charge in [-0.05, 0) is 17.7 Å².